The van der Waals surface area contributed by atoms with E-state index in [4.69, 9.17) is 16.7 Å². The fraction of sp³-hybridized carbons (Fsp3) is 0.0909. The van der Waals surface area contributed by atoms with Crippen LogP contribution in [0.3, 0.4) is 0 Å². The lowest BCUT2D eigenvalue weighted by Crippen LogP contribution is -1.95. The lowest BCUT2D eigenvalue weighted by atomic mass is 10.1. The molecule has 4 heteroatoms. The van der Waals surface area contributed by atoms with Crippen LogP contribution in [0.2, 0.25) is 5.02 Å². The van der Waals surface area contributed by atoms with Crippen molar-refractivity contribution in [3.63, 3.8) is 0 Å². The largest absolute Gasteiger partial charge is 0.481 e. The van der Waals surface area contributed by atoms with Crippen LogP contribution in [-0.4, -0.2) is 16.9 Å². The minimum Gasteiger partial charge on any atom is -0.481 e. The summed E-state index contributed by atoms with van der Waals surface area (Å²) in [6, 6.07) is 6.41. The van der Waals surface area contributed by atoms with E-state index in [2.05, 4.69) is 0 Å². The number of carbonyl (C=O) groups excluding carboxylic acids is 1. The Bertz CT molecular complexity index is 393. The molecular formula is C11H9ClO3. The summed E-state index contributed by atoms with van der Waals surface area (Å²) >= 11 is 5.66. The Balaban J connectivity index is 2.65. The van der Waals surface area contributed by atoms with Crippen LogP contribution in [0.4, 0.5) is 0 Å². The van der Waals surface area contributed by atoms with Gasteiger partial charge >= 0.3 is 5.97 Å². The summed E-state index contributed by atoms with van der Waals surface area (Å²) in [7, 11) is 0. The standard InChI is InChI=1S/C11H9ClO3/c12-9-6-4-8(5-7-9)10(13)2-1-3-11(14)15/h1-2,4-7H,3H2,(H,14,15). The van der Waals surface area contributed by atoms with E-state index in [1.807, 2.05) is 0 Å². The number of hydrogen-bond acceptors (Lipinski definition) is 2. The average molecular weight is 225 g/mol. The first-order valence-electron chi connectivity index (χ1n) is 4.28. The molecule has 0 atom stereocenters. The molecule has 0 fully saturated rings. The molecule has 0 bridgehead atoms. The van der Waals surface area contributed by atoms with Gasteiger partial charge in [-0.25, -0.2) is 0 Å². The summed E-state index contributed by atoms with van der Waals surface area (Å²) < 4.78 is 0. The number of rotatable bonds is 4. The van der Waals surface area contributed by atoms with Gasteiger partial charge in [-0.05, 0) is 30.3 Å². The van der Waals surface area contributed by atoms with Gasteiger partial charge in [0.25, 0.3) is 0 Å². The fourth-order valence-corrected chi connectivity index (χ4v) is 1.10. The number of hydrogen-bond donors (Lipinski definition) is 1. The molecule has 15 heavy (non-hydrogen) atoms. The number of ketones is 1. The van der Waals surface area contributed by atoms with Crippen LogP contribution in [-0.2, 0) is 4.79 Å². The zero-order valence-corrected chi connectivity index (χ0v) is 8.57. The Morgan fingerprint density at radius 1 is 1.27 bits per heavy atom. The Kier molecular flexibility index (Phi) is 4.06. The van der Waals surface area contributed by atoms with Crippen molar-refractivity contribution >= 4 is 23.4 Å². The molecule has 0 aliphatic heterocycles. The third-order valence-electron chi connectivity index (χ3n) is 1.69. The molecule has 3 nitrogen and oxygen atoms in total. The molecule has 0 unspecified atom stereocenters. The minimum atomic E-state index is -0.963. The van der Waals surface area contributed by atoms with Gasteiger partial charge in [0.05, 0.1) is 6.42 Å². The van der Waals surface area contributed by atoms with Crippen molar-refractivity contribution in [3.8, 4) is 0 Å². The number of benzene rings is 1. The van der Waals surface area contributed by atoms with E-state index in [0.29, 0.717) is 10.6 Å². The van der Waals surface area contributed by atoms with Gasteiger partial charge in [-0.3, -0.25) is 9.59 Å². The lowest BCUT2D eigenvalue weighted by molar-refractivity contribution is -0.135. The summed E-state index contributed by atoms with van der Waals surface area (Å²) in [6.45, 7) is 0. The quantitative estimate of drug-likeness (QED) is 0.632. The van der Waals surface area contributed by atoms with E-state index in [1.165, 1.54) is 12.2 Å². The molecule has 0 amide bonds. The van der Waals surface area contributed by atoms with Crippen molar-refractivity contribution in [2.45, 2.75) is 6.42 Å². The monoisotopic (exact) mass is 224 g/mol. The SMILES string of the molecule is O=C(O)CC=CC(=O)c1ccc(Cl)cc1. The van der Waals surface area contributed by atoms with Crippen LogP contribution < -0.4 is 0 Å². The van der Waals surface area contributed by atoms with Gasteiger partial charge in [-0.1, -0.05) is 17.7 Å². The van der Waals surface area contributed by atoms with Crippen molar-refractivity contribution < 1.29 is 14.7 Å². The highest BCUT2D eigenvalue weighted by Crippen LogP contribution is 2.10. The molecule has 0 heterocycles. The molecule has 1 aromatic rings. The predicted octanol–water partition coefficient (Wildman–Crippen LogP) is 2.55. The summed E-state index contributed by atoms with van der Waals surface area (Å²) in [5.41, 5.74) is 0.487. The molecule has 0 aromatic heterocycles. The molecule has 1 aromatic carbocycles. The number of aliphatic carboxylic acids is 1. The molecule has 0 saturated heterocycles. The lowest BCUT2D eigenvalue weighted by Gasteiger charge is -1.94. The Labute approximate surface area is 92.0 Å². The van der Waals surface area contributed by atoms with Crippen LogP contribution in [0.1, 0.15) is 16.8 Å². The van der Waals surface area contributed by atoms with E-state index < -0.39 is 5.97 Å². The maximum atomic E-state index is 11.4. The highest BCUT2D eigenvalue weighted by Gasteiger charge is 2.00. The van der Waals surface area contributed by atoms with E-state index in [1.54, 1.807) is 24.3 Å². The third-order valence-corrected chi connectivity index (χ3v) is 1.94. The third kappa shape index (κ3) is 3.95. The molecule has 0 aliphatic rings. The summed E-state index contributed by atoms with van der Waals surface area (Å²) in [5, 5.41) is 8.91. The highest BCUT2D eigenvalue weighted by molar-refractivity contribution is 6.30. The van der Waals surface area contributed by atoms with Crippen LogP contribution >= 0.6 is 11.6 Å². The topological polar surface area (TPSA) is 54.4 Å². The second kappa shape index (κ2) is 5.32. The van der Waals surface area contributed by atoms with Crippen molar-refractivity contribution in [1.29, 1.82) is 0 Å². The van der Waals surface area contributed by atoms with Crippen molar-refractivity contribution in [2.75, 3.05) is 0 Å². The van der Waals surface area contributed by atoms with E-state index >= 15 is 0 Å². The van der Waals surface area contributed by atoms with Gasteiger partial charge in [0.2, 0.25) is 0 Å². The number of carboxylic acids is 1. The van der Waals surface area contributed by atoms with Crippen molar-refractivity contribution in [2.24, 2.45) is 0 Å². The van der Waals surface area contributed by atoms with Crippen molar-refractivity contribution in [1.82, 2.24) is 0 Å². The van der Waals surface area contributed by atoms with E-state index in [0.717, 1.165) is 0 Å². The van der Waals surface area contributed by atoms with Gasteiger partial charge in [-0.2, -0.15) is 0 Å². The van der Waals surface area contributed by atoms with Crippen molar-refractivity contribution in [3.05, 3.63) is 47.0 Å². The maximum Gasteiger partial charge on any atom is 0.307 e. The molecule has 78 valence electrons. The number of allylic oxidation sites excluding steroid dienone is 1. The average Bonchev–Trinajstić information content (AvgIpc) is 2.18. The molecule has 0 spiro atoms. The Morgan fingerprint density at radius 2 is 1.87 bits per heavy atom. The number of carbonyl (C=O) groups is 2. The highest BCUT2D eigenvalue weighted by atomic mass is 35.5. The van der Waals surface area contributed by atoms with Crippen LogP contribution in [0.25, 0.3) is 0 Å². The molecule has 1 N–H and O–H groups in total. The zero-order valence-electron chi connectivity index (χ0n) is 7.81. The summed E-state index contributed by atoms with van der Waals surface area (Å²) in [5.74, 6) is -1.19. The molecule has 1 rings (SSSR count). The zero-order chi connectivity index (χ0) is 11.3. The summed E-state index contributed by atoms with van der Waals surface area (Å²) in [4.78, 5) is 21.6. The molecular weight excluding hydrogens is 216 g/mol. The first-order valence-corrected chi connectivity index (χ1v) is 4.65. The molecule has 0 saturated carbocycles. The second-order valence-electron chi connectivity index (χ2n) is 2.87. The van der Waals surface area contributed by atoms with Gasteiger partial charge in [0.1, 0.15) is 0 Å². The molecule has 0 aliphatic carbocycles. The maximum absolute atomic E-state index is 11.4. The summed E-state index contributed by atoms with van der Waals surface area (Å²) in [6.07, 6.45) is 2.41. The first kappa shape index (κ1) is 11.5. The van der Waals surface area contributed by atoms with E-state index in [-0.39, 0.29) is 12.2 Å². The smallest absolute Gasteiger partial charge is 0.307 e. The van der Waals surface area contributed by atoms with Crippen LogP contribution in [0, 0.1) is 0 Å². The normalized spacial score (nSPS) is 10.5. The van der Waals surface area contributed by atoms with E-state index in [9.17, 15) is 9.59 Å². The fourth-order valence-electron chi connectivity index (χ4n) is 0.977. The van der Waals surface area contributed by atoms with Crippen LogP contribution in [0.5, 0.6) is 0 Å². The predicted molar refractivity (Wildman–Crippen MR) is 57.2 cm³/mol. The molecule has 0 radical (unpaired) electrons. The van der Waals surface area contributed by atoms with Gasteiger partial charge < -0.3 is 5.11 Å². The van der Waals surface area contributed by atoms with Gasteiger partial charge in [0.15, 0.2) is 5.78 Å². The van der Waals surface area contributed by atoms with Gasteiger partial charge in [-0.15, -0.1) is 0 Å². The Hall–Kier alpha value is -1.61. The van der Waals surface area contributed by atoms with Crippen LogP contribution in [0.15, 0.2) is 36.4 Å². The first-order chi connectivity index (χ1) is 7.09. The minimum absolute atomic E-state index is 0.153. The second-order valence-corrected chi connectivity index (χ2v) is 3.31. The Morgan fingerprint density at radius 3 is 2.40 bits per heavy atom. The number of carboxylic acid groups (broad SMARTS) is 1. The number of halogens is 1. The van der Waals surface area contributed by atoms with Gasteiger partial charge in [0, 0.05) is 10.6 Å².